The monoisotopic (exact) mass is 412 g/mol. The number of piperazine rings is 1. The van der Waals surface area contributed by atoms with Gasteiger partial charge in [0.25, 0.3) is 10.0 Å². The molecule has 5 rings (SSSR count). The summed E-state index contributed by atoms with van der Waals surface area (Å²) in [7, 11) is -3.51. The molecule has 1 N–H and O–H groups in total. The molecule has 2 atom stereocenters. The number of carbonyl (C=O) groups is 2. The van der Waals surface area contributed by atoms with Crippen LogP contribution in [0.15, 0.2) is 21.7 Å². The molecular weight excluding hydrogens is 388 g/mol. The van der Waals surface area contributed by atoms with E-state index < -0.39 is 27.8 Å². The number of fused-ring (bicyclic) bond motifs is 3. The number of nitrogens with zero attached hydrogens (tertiary/aromatic N) is 2. The lowest BCUT2D eigenvalue weighted by atomic mass is 9.58. The maximum atomic E-state index is 13.1. The van der Waals surface area contributed by atoms with Gasteiger partial charge < -0.3 is 10.0 Å². The van der Waals surface area contributed by atoms with E-state index in [2.05, 4.69) is 0 Å². The van der Waals surface area contributed by atoms with E-state index in [9.17, 15) is 23.1 Å². The number of aliphatic carboxylic acids is 1. The topological polar surface area (TPSA) is 95.0 Å². The summed E-state index contributed by atoms with van der Waals surface area (Å²) in [5.41, 5.74) is 0. The minimum Gasteiger partial charge on any atom is -0.481 e. The molecule has 1 aliphatic heterocycles. The van der Waals surface area contributed by atoms with Crippen LogP contribution in [0.25, 0.3) is 0 Å². The standard InChI is InChI=1S/C18H24N2O5S2/c21-17(15-12-3-5-13(6-4-12)16(15)18(22)23)19-7-9-20(10-8-19)27(24,25)14-2-1-11-26-14/h1-2,11-13,15-16H,3-10H2,(H,22,23)/t12?,13?,15-,16+/m1/s1. The maximum Gasteiger partial charge on any atom is 0.307 e. The van der Waals surface area contributed by atoms with Crippen LogP contribution in [0.5, 0.6) is 0 Å². The third kappa shape index (κ3) is 3.30. The van der Waals surface area contributed by atoms with Gasteiger partial charge in [-0.25, -0.2) is 8.42 Å². The van der Waals surface area contributed by atoms with E-state index >= 15 is 0 Å². The number of rotatable bonds is 4. The number of thiophene rings is 1. The molecular formula is C18H24N2O5S2. The van der Waals surface area contributed by atoms with Crippen LogP contribution < -0.4 is 0 Å². The van der Waals surface area contributed by atoms with Crippen LogP contribution in [0.1, 0.15) is 25.7 Å². The minimum atomic E-state index is -3.51. The fourth-order valence-electron chi connectivity index (χ4n) is 5.06. The second-order valence-corrected chi connectivity index (χ2v) is 10.8. The first-order chi connectivity index (χ1) is 12.9. The SMILES string of the molecule is O=C(O)[C@H]1C2CCC(CC2)[C@H]1C(=O)N1CCN(S(=O)(=O)c2cccs2)CC1. The molecule has 1 aromatic rings. The molecule has 0 spiro atoms. The largest absolute Gasteiger partial charge is 0.481 e. The Labute approximate surface area is 163 Å². The Morgan fingerprint density at radius 2 is 1.59 bits per heavy atom. The first-order valence-corrected chi connectivity index (χ1v) is 11.8. The van der Waals surface area contributed by atoms with Crippen molar-refractivity contribution in [3.05, 3.63) is 17.5 Å². The molecule has 148 valence electrons. The molecule has 3 saturated carbocycles. The quantitative estimate of drug-likeness (QED) is 0.812. The zero-order chi connectivity index (χ0) is 19.2. The zero-order valence-corrected chi connectivity index (χ0v) is 16.6. The molecule has 0 unspecified atom stereocenters. The van der Waals surface area contributed by atoms with Crippen LogP contribution in [0, 0.1) is 23.7 Å². The summed E-state index contributed by atoms with van der Waals surface area (Å²) in [6, 6.07) is 3.30. The fraction of sp³-hybridized carbons (Fsp3) is 0.667. The lowest BCUT2D eigenvalue weighted by Gasteiger charge is -2.48. The number of hydrogen-bond donors (Lipinski definition) is 1. The van der Waals surface area contributed by atoms with Gasteiger partial charge in [-0.15, -0.1) is 11.3 Å². The number of hydrogen-bond acceptors (Lipinski definition) is 5. The molecule has 2 heterocycles. The highest BCUT2D eigenvalue weighted by molar-refractivity contribution is 7.91. The van der Waals surface area contributed by atoms with Crippen LogP contribution in [0.3, 0.4) is 0 Å². The summed E-state index contributed by atoms with van der Waals surface area (Å²) >= 11 is 1.19. The van der Waals surface area contributed by atoms with Gasteiger partial charge in [0.1, 0.15) is 4.21 Å². The molecule has 4 aliphatic rings. The molecule has 9 heteroatoms. The van der Waals surface area contributed by atoms with Gasteiger partial charge >= 0.3 is 5.97 Å². The molecule has 1 aromatic heterocycles. The molecule has 4 fully saturated rings. The van der Waals surface area contributed by atoms with Gasteiger partial charge in [-0.05, 0) is 49.0 Å². The fourth-order valence-corrected chi connectivity index (χ4v) is 7.62. The van der Waals surface area contributed by atoms with E-state index in [0.29, 0.717) is 17.3 Å². The molecule has 0 aromatic carbocycles. The smallest absolute Gasteiger partial charge is 0.307 e. The summed E-state index contributed by atoms with van der Waals surface area (Å²) in [6.45, 7) is 1.16. The lowest BCUT2D eigenvalue weighted by molar-refractivity contribution is -0.162. The summed E-state index contributed by atoms with van der Waals surface area (Å²) in [4.78, 5) is 26.6. The summed E-state index contributed by atoms with van der Waals surface area (Å²) in [5.74, 6) is -1.74. The van der Waals surface area contributed by atoms with Gasteiger partial charge in [0.2, 0.25) is 5.91 Å². The van der Waals surface area contributed by atoms with Crippen LogP contribution in [-0.2, 0) is 19.6 Å². The Morgan fingerprint density at radius 1 is 1.00 bits per heavy atom. The van der Waals surface area contributed by atoms with Crippen molar-refractivity contribution in [3.63, 3.8) is 0 Å². The predicted octanol–water partition coefficient (Wildman–Crippen LogP) is 1.72. The molecule has 27 heavy (non-hydrogen) atoms. The number of carboxylic acids is 1. The van der Waals surface area contributed by atoms with E-state index in [1.54, 1.807) is 22.4 Å². The van der Waals surface area contributed by atoms with Gasteiger partial charge in [-0.1, -0.05) is 6.07 Å². The van der Waals surface area contributed by atoms with E-state index in [0.717, 1.165) is 25.7 Å². The number of amides is 1. The highest BCUT2D eigenvalue weighted by Crippen LogP contribution is 2.49. The number of sulfonamides is 1. The Kier molecular flexibility index (Phi) is 5.02. The molecule has 2 bridgehead atoms. The Balaban J connectivity index is 1.45. The molecule has 3 aliphatic carbocycles. The summed E-state index contributed by atoms with van der Waals surface area (Å²) < 4.78 is 27.0. The van der Waals surface area contributed by atoms with E-state index in [-0.39, 0.29) is 30.8 Å². The average molecular weight is 413 g/mol. The third-order valence-electron chi connectivity index (χ3n) is 6.43. The van der Waals surface area contributed by atoms with Gasteiger partial charge in [-0.2, -0.15) is 4.31 Å². The van der Waals surface area contributed by atoms with Gasteiger partial charge in [-0.3, -0.25) is 9.59 Å². The Morgan fingerprint density at radius 3 is 2.11 bits per heavy atom. The Hall–Kier alpha value is -1.45. The van der Waals surface area contributed by atoms with E-state index in [1.165, 1.54) is 15.6 Å². The number of carbonyl (C=O) groups excluding carboxylic acids is 1. The normalized spacial score (nSPS) is 31.8. The highest BCUT2D eigenvalue weighted by atomic mass is 32.2. The second kappa shape index (κ2) is 7.18. The first-order valence-electron chi connectivity index (χ1n) is 9.45. The summed E-state index contributed by atoms with van der Waals surface area (Å²) in [5, 5.41) is 11.4. The van der Waals surface area contributed by atoms with Crippen molar-refractivity contribution in [2.75, 3.05) is 26.2 Å². The van der Waals surface area contributed by atoms with Gasteiger partial charge in [0.05, 0.1) is 11.8 Å². The van der Waals surface area contributed by atoms with Crippen LogP contribution in [-0.4, -0.2) is 60.8 Å². The van der Waals surface area contributed by atoms with Crippen molar-refractivity contribution in [1.82, 2.24) is 9.21 Å². The van der Waals surface area contributed by atoms with Crippen molar-refractivity contribution >= 4 is 33.2 Å². The van der Waals surface area contributed by atoms with Gasteiger partial charge in [0.15, 0.2) is 0 Å². The summed E-state index contributed by atoms with van der Waals surface area (Å²) in [6.07, 6.45) is 3.66. The van der Waals surface area contributed by atoms with Crippen LogP contribution >= 0.6 is 11.3 Å². The van der Waals surface area contributed by atoms with Crippen molar-refractivity contribution in [2.45, 2.75) is 29.9 Å². The van der Waals surface area contributed by atoms with E-state index in [4.69, 9.17) is 0 Å². The second-order valence-electron chi connectivity index (χ2n) is 7.73. The average Bonchev–Trinajstić information content (AvgIpc) is 3.23. The van der Waals surface area contributed by atoms with Gasteiger partial charge in [0, 0.05) is 26.2 Å². The van der Waals surface area contributed by atoms with Crippen molar-refractivity contribution in [3.8, 4) is 0 Å². The molecule has 7 nitrogen and oxygen atoms in total. The van der Waals surface area contributed by atoms with Crippen molar-refractivity contribution in [2.24, 2.45) is 23.7 Å². The Bertz CT molecular complexity index is 807. The predicted molar refractivity (Wildman–Crippen MR) is 99.7 cm³/mol. The maximum absolute atomic E-state index is 13.1. The lowest BCUT2D eigenvalue weighted by Crippen LogP contribution is -2.56. The first kappa shape index (κ1) is 18.9. The minimum absolute atomic E-state index is 0.0926. The molecule has 0 radical (unpaired) electrons. The van der Waals surface area contributed by atoms with Crippen LogP contribution in [0.4, 0.5) is 0 Å². The van der Waals surface area contributed by atoms with E-state index in [1.807, 2.05) is 0 Å². The third-order valence-corrected chi connectivity index (χ3v) is 9.70. The van der Waals surface area contributed by atoms with Crippen molar-refractivity contribution in [1.29, 1.82) is 0 Å². The van der Waals surface area contributed by atoms with Crippen molar-refractivity contribution < 1.29 is 23.1 Å². The zero-order valence-electron chi connectivity index (χ0n) is 15.0. The molecule has 1 amide bonds. The molecule has 1 saturated heterocycles. The van der Waals surface area contributed by atoms with Crippen LogP contribution in [0.2, 0.25) is 0 Å². The number of carboxylic acid groups (broad SMARTS) is 1. The highest BCUT2D eigenvalue weighted by Gasteiger charge is 2.51.